The Morgan fingerprint density at radius 2 is 2.22 bits per heavy atom. The van der Waals surface area contributed by atoms with Crippen molar-refractivity contribution in [1.82, 2.24) is 9.88 Å². The van der Waals surface area contributed by atoms with E-state index in [1.165, 1.54) is 12.8 Å². The van der Waals surface area contributed by atoms with Crippen LogP contribution in [0.25, 0.3) is 0 Å². The van der Waals surface area contributed by atoms with Gasteiger partial charge in [0.15, 0.2) is 0 Å². The van der Waals surface area contributed by atoms with Gasteiger partial charge >= 0.3 is 11.7 Å². The molecule has 2 rings (SSSR count). The summed E-state index contributed by atoms with van der Waals surface area (Å²) in [6.45, 7) is 3.09. The van der Waals surface area contributed by atoms with Crippen molar-refractivity contribution in [2.45, 2.75) is 58.0 Å². The fraction of sp³-hybridized carbons (Fsp3) is 0.714. The molecule has 100 valence electrons. The molecule has 1 amide bonds. The normalized spacial score (nSPS) is 16.1. The summed E-state index contributed by atoms with van der Waals surface area (Å²) in [6, 6.07) is 0.382. The van der Waals surface area contributed by atoms with E-state index in [2.05, 4.69) is 16.8 Å². The lowest BCUT2D eigenvalue weighted by Gasteiger charge is -2.10. The highest BCUT2D eigenvalue weighted by Crippen LogP contribution is 2.17. The van der Waals surface area contributed by atoms with Crippen LogP contribution in [-0.4, -0.2) is 16.5 Å². The second kappa shape index (κ2) is 6.03. The zero-order valence-corrected chi connectivity index (χ0v) is 11.5. The zero-order valence-electron chi connectivity index (χ0n) is 11.5. The molecular weight excluding hydrogens is 226 g/mol. The van der Waals surface area contributed by atoms with Gasteiger partial charge in [0.1, 0.15) is 12.4 Å². The summed E-state index contributed by atoms with van der Waals surface area (Å²) >= 11 is 0. The van der Waals surface area contributed by atoms with Crippen LogP contribution in [0.4, 0.5) is 0 Å². The number of nitrogens with one attached hydrogen (secondary N) is 1. The zero-order chi connectivity index (χ0) is 13.0. The van der Waals surface area contributed by atoms with Gasteiger partial charge in [-0.3, -0.25) is 4.79 Å². The Labute approximate surface area is 109 Å². The maximum Gasteiger partial charge on any atom is 0.347 e. The minimum Gasteiger partial charge on any atom is -0.343 e. The van der Waals surface area contributed by atoms with Crippen molar-refractivity contribution in [3.8, 4) is 0 Å². The number of carbonyl (C=O) groups excluding carboxylic acids is 1. The van der Waals surface area contributed by atoms with Crippen molar-refractivity contribution in [3.05, 3.63) is 18.2 Å². The molecule has 1 aliphatic rings. The van der Waals surface area contributed by atoms with Crippen LogP contribution in [0.15, 0.2) is 12.4 Å². The van der Waals surface area contributed by atoms with Crippen LogP contribution in [0, 0.1) is 0 Å². The summed E-state index contributed by atoms with van der Waals surface area (Å²) in [5.41, 5.74) is 0. The van der Waals surface area contributed by atoms with Crippen LogP contribution in [-0.2, 0) is 13.6 Å². The molecule has 1 aromatic heterocycles. The van der Waals surface area contributed by atoms with Gasteiger partial charge in [-0.05, 0) is 19.3 Å². The van der Waals surface area contributed by atoms with E-state index in [9.17, 15) is 4.79 Å². The van der Waals surface area contributed by atoms with Gasteiger partial charge < -0.3 is 5.32 Å². The van der Waals surface area contributed by atoms with Crippen molar-refractivity contribution in [2.75, 3.05) is 0 Å². The molecule has 1 aliphatic carbocycles. The molecule has 1 N–H and O–H groups in total. The van der Waals surface area contributed by atoms with E-state index in [0.29, 0.717) is 6.04 Å². The number of rotatable bonds is 5. The third-order valence-electron chi connectivity index (χ3n) is 3.72. The van der Waals surface area contributed by atoms with Crippen molar-refractivity contribution in [2.24, 2.45) is 7.05 Å². The molecule has 1 aromatic rings. The number of carbonyl (C=O) groups is 1. The number of nitrogens with zero attached hydrogens (tertiary/aromatic N) is 2. The second-order valence-corrected chi connectivity index (χ2v) is 5.23. The van der Waals surface area contributed by atoms with Crippen LogP contribution in [0.5, 0.6) is 0 Å². The average molecular weight is 250 g/mol. The fourth-order valence-corrected chi connectivity index (χ4v) is 2.64. The average Bonchev–Trinajstić information content (AvgIpc) is 2.96. The summed E-state index contributed by atoms with van der Waals surface area (Å²) in [7, 11) is 1.94. The number of hydrogen-bond acceptors (Lipinski definition) is 1. The lowest BCUT2D eigenvalue weighted by atomic mass is 10.2. The fourth-order valence-electron chi connectivity index (χ4n) is 2.64. The molecule has 0 spiro atoms. The maximum atomic E-state index is 12.3. The van der Waals surface area contributed by atoms with Gasteiger partial charge in [-0.2, -0.15) is 0 Å². The Morgan fingerprint density at radius 3 is 2.89 bits per heavy atom. The molecule has 0 unspecified atom stereocenters. The number of amides is 1. The van der Waals surface area contributed by atoms with Gasteiger partial charge in [-0.25, -0.2) is 9.13 Å². The number of unbranched alkanes of at least 4 members (excludes halogenated alkanes) is 1. The molecule has 1 fully saturated rings. The highest BCUT2D eigenvalue weighted by Gasteiger charge is 2.26. The van der Waals surface area contributed by atoms with E-state index in [0.717, 1.165) is 38.1 Å². The molecule has 0 radical (unpaired) electrons. The Kier molecular flexibility index (Phi) is 4.39. The maximum absolute atomic E-state index is 12.3. The van der Waals surface area contributed by atoms with E-state index in [1.807, 2.05) is 24.0 Å². The van der Waals surface area contributed by atoms with Crippen molar-refractivity contribution >= 4 is 5.91 Å². The van der Waals surface area contributed by atoms with Gasteiger partial charge in [0.25, 0.3) is 0 Å². The van der Waals surface area contributed by atoms with E-state index in [1.54, 1.807) is 0 Å². The molecule has 0 saturated heterocycles. The SMILES string of the molecule is CCCCn1cc[n+](C)c1C(=O)NC1CCCC1. The Morgan fingerprint density at radius 1 is 1.50 bits per heavy atom. The van der Waals surface area contributed by atoms with Crippen molar-refractivity contribution < 1.29 is 9.36 Å². The highest BCUT2D eigenvalue weighted by molar-refractivity contribution is 5.89. The number of aryl methyl sites for hydroxylation is 2. The third-order valence-corrected chi connectivity index (χ3v) is 3.72. The summed E-state index contributed by atoms with van der Waals surface area (Å²) < 4.78 is 3.98. The van der Waals surface area contributed by atoms with Crippen LogP contribution in [0.3, 0.4) is 0 Å². The van der Waals surface area contributed by atoms with Gasteiger partial charge in [0.2, 0.25) is 0 Å². The van der Waals surface area contributed by atoms with Crippen LogP contribution in [0.1, 0.15) is 56.1 Å². The van der Waals surface area contributed by atoms with E-state index in [4.69, 9.17) is 0 Å². The van der Waals surface area contributed by atoms with Gasteiger partial charge in [0, 0.05) is 6.04 Å². The first-order valence-corrected chi connectivity index (χ1v) is 7.08. The monoisotopic (exact) mass is 250 g/mol. The summed E-state index contributed by atoms with van der Waals surface area (Å²) in [5.74, 6) is 0.848. The van der Waals surface area contributed by atoms with Gasteiger partial charge in [-0.15, -0.1) is 0 Å². The Bertz CT molecular complexity index is 405. The summed E-state index contributed by atoms with van der Waals surface area (Å²) in [5, 5.41) is 3.16. The Hall–Kier alpha value is -1.32. The lowest BCUT2D eigenvalue weighted by Crippen LogP contribution is -2.43. The van der Waals surface area contributed by atoms with Crippen LogP contribution in [0.2, 0.25) is 0 Å². The third kappa shape index (κ3) is 2.92. The van der Waals surface area contributed by atoms with E-state index in [-0.39, 0.29) is 5.91 Å². The van der Waals surface area contributed by atoms with Gasteiger partial charge in [-0.1, -0.05) is 26.2 Å². The first-order valence-electron chi connectivity index (χ1n) is 7.08. The highest BCUT2D eigenvalue weighted by atomic mass is 16.2. The first kappa shape index (κ1) is 13.1. The Balaban J connectivity index is 2.05. The molecule has 1 saturated carbocycles. The molecule has 1 heterocycles. The quantitative estimate of drug-likeness (QED) is 0.795. The van der Waals surface area contributed by atoms with Crippen molar-refractivity contribution in [1.29, 1.82) is 0 Å². The molecule has 0 aliphatic heterocycles. The molecule has 0 aromatic carbocycles. The molecule has 0 atom stereocenters. The first-order chi connectivity index (χ1) is 8.72. The number of aromatic nitrogens is 2. The smallest absolute Gasteiger partial charge is 0.343 e. The predicted molar refractivity (Wildman–Crippen MR) is 70.2 cm³/mol. The minimum atomic E-state index is 0.0745. The van der Waals surface area contributed by atoms with Gasteiger partial charge in [0.05, 0.1) is 13.6 Å². The standard InChI is InChI=1S/C14H23N3O/c1-3-4-9-17-11-10-16(2)14(17)13(18)15-12-7-5-6-8-12/h10-12H,3-9H2,1-2H3/p+1. The second-order valence-electron chi connectivity index (χ2n) is 5.23. The number of hydrogen-bond donors (Lipinski definition) is 1. The topological polar surface area (TPSA) is 37.9 Å². The lowest BCUT2D eigenvalue weighted by molar-refractivity contribution is -0.673. The minimum absolute atomic E-state index is 0.0745. The molecule has 0 bridgehead atoms. The number of imidazole rings is 1. The molecule has 4 nitrogen and oxygen atoms in total. The predicted octanol–water partition coefficient (Wildman–Crippen LogP) is 1.79. The summed E-state index contributed by atoms with van der Waals surface area (Å²) in [6.07, 6.45) is 11.0. The van der Waals surface area contributed by atoms with Crippen LogP contribution >= 0.6 is 0 Å². The van der Waals surface area contributed by atoms with Crippen LogP contribution < -0.4 is 9.88 Å². The summed E-state index contributed by atoms with van der Waals surface area (Å²) in [4.78, 5) is 12.3. The van der Waals surface area contributed by atoms with E-state index < -0.39 is 0 Å². The van der Waals surface area contributed by atoms with E-state index >= 15 is 0 Å². The molecule has 18 heavy (non-hydrogen) atoms. The van der Waals surface area contributed by atoms with Crippen molar-refractivity contribution in [3.63, 3.8) is 0 Å². The molecule has 4 heteroatoms. The molecular formula is C14H24N3O+. The largest absolute Gasteiger partial charge is 0.347 e.